The van der Waals surface area contributed by atoms with Gasteiger partial charge in [0, 0.05) is 49.6 Å². The maximum absolute atomic E-state index is 12.0. The lowest BCUT2D eigenvalue weighted by molar-refractivity contribution is -0.117. The van der Waals surface area contributed by atoms with E-state index in [9.17, 15) is 10.1 Å². The minimum Gasteiger partial charge on any atom is -0.373 e. The summed E-state index contributed by atoms with van der Waals surface area (Å²) >= 11 is 6.04. The van der Waals surface area contributed by atoms with Gasteiger partial charge in [-0.25, -0.2) is 0 Å². The van der Waals surface area contributed by atoms with Crippen molar-refractivity contribution >= 4 is 23.2 Å². The number of halogens is 1. The molecule has 1 aliphatic rings. The van der Waals surface area contributed by atoms with Crippen LogP contribution in [0.4, 0.5) is 5.69 Å². The van der Waals surface area contributed by atoms with Crippen LogP contribution in [0, 0.1) is 17.2 Å². The van der Waals surface area contributed by atoms with Crippen molar-refractivity contribution < 1.29 is 4.79 Å². The van der Waals surface area contributed by atoms with Crippen LogP contribution in [0.3, 0.4) is 0 Å². The first kappa shape index (κ1) is 18.2. The van der Waals surface area contributed by atoms with Crippen molar-refractivity contribution in [2.75, 3.05) is 37.6 Å². The molecule has 6 heteroatoms. The smallest absolute Gasteiger partial charge is 0.263 e. The molecule has 0 saturated carbocycles. The van der Waals surface area contributed by atoms with E-state index in [-0.39, 0.29) is 11.5 Å². The van der Waals surface area contributed by atoms with Gasteiger partial charge >= 0.3 is 0 Å². The zero-order chi connectivity index (χ0) is 17.5. The van der Waals surface area contributed by atoms with E-state index in [0.29, 0.717) is 12.5 Å². The van der Waals surface area contributed by atoms with Crippen molar-refractivity contribution in [3.8, 4) is 6.07 Å². The first-order valence-electron chi connectivity index (χ1n) is 8.14. The van der Waals surface area contributed by atoms with Crippen LogP contribution < -0.4 is 10.2 Å². The highest BCUT2D eigenvalue weighted by molar-refractivity contribution is 6.30. The number of carbonyl (C=O) groups is 1. The van der Waals surface area contributed by atoms with Gasteiger partial charge in [0.2, 0.25) is 0 Å². The van der Waals surface area contributed by atoms with Gasteiger partial charge in [-0.3, -0.25) is 4.79 Å². The van der Waals surface area contributed by atoms with Gasteiger partial charge in [0.15, 0.2) is 0 Å². The van der Waals surface area contributed by atoms with Crippen molar-refractivity contribution in [1.82, 2.24) is 10.2 Å². The molecule has 1 saturated heterocycles. The van der Waals surface area contributed by atoms with Crippen molar-refractivity contribution in [1.29, 1.82) is 5.26 Å². The zero-order valence-corrected chi connectivity index (χ0v) is 14.9. The van der Waals surface area contributed by atoms with E-state index in [1.165, 1.54) is 0 Å². The second kappa shape index (κ2) is 8.60. The fourth-order valence-corrected chi connectivity index (χ4v) is 2.68. The molecular weight excluding hydrogens is 324 g/mol. The Kier molecular flexibility index (Phi) is 6.51. The van der Waals surface area contributed by atoms with Crippen LogP contribution in [0.2, 0.25) is 5.02 Å². The molecule has 1 heterocycles. The van der Waals surface area contributed by atoms with E-state index in [4.69, 9.17) is 11.6 Å². The van der Waals surface area contributed by atoms with Gasteiger partial charge in [-0.05, 0) is 24.1 Å². The number of nitrogens with one attached hydrogen (secondary N) is 1. The summed E-state index contributed by atoms with van der Waals surface area (Å²) in [6.07, 6.45) is 1.67. The lowest BCUT2D eigenvalue weighted by Crippen LogP contribution is -2.44. The quantitative estimate of drug-likeness (QED) is 0.657. The molecule has 1 fully saturated rings. The Hall–Kier alpha value is -2.19. The molecule has 0 bridgehead atoms. The molecule has 0 unspecified atom stereocenters. The third kappa shape index (κ3) is 5.17. The van der Waals surface area contributed by atoms with Crippen LogP contribution >= 0.6 is 11.6 Å². The predicted octanol–water partition coefficient (Wildman–Crippen LogP) is 2.64. The Bertz CT molecular complexity index is 643. The third-order valence-electron chi connectivity index (χ3n) is 3.84. The summed E-state index contributed by atoms with van der Waals surface area (Å²) in [5.41, 5.74) is 1.26. The van der Waals surface area contributed by atoms with E-state index in [1.54, 1.807) is 6.20 Å². The number of nitriles is 1. The Morgan fingerprint density at radius 3 is 2.67 bits per heavy atom. The summed E-state index contributed by atoms with van der Waals surface area (Å²) < 4.78 is 0. The number of amides is 1. The molecule has 1 aromatic rings. The first-order valence-corrected chi connectivity index (χ1v) is 8.52. The Balaban J connectivity index is 1.93. The number of benzene rings is 1. The van der Waals surface area contributed by atoms with Crippen molar-refractivity contribution in [3.05, 3.63) is 41.1 Å². The molecular formula is C18H23ClN4O. The predicted molar refractivity (Wildman–Crippen MR) is 96.8 cm³/mol. The molecule has 128 valence electrons. The molecule has 24 heavy (non-hydrogen) atoms. The Labute approximate surface area is 148 Å². The topological polar surface area (TPSA) is 59.4 Å². The van der Waals surface area contributed by atoms with E-state index in [0.717, 1.165) is 36.9 Å². The third-order valence-corrected chi connectivity index (χ3v) is 4.07. The SMILES string of the molecule is CC(C)CNC(=O)/C(C#N)=C\N1CCN(c2cccc(Cl)c2)CC1. The first-order chi connectivity index (χ1) is 11.5. The zero-order valence-electron chi connectivity index (χ0n) is 14.1. The molecule has 0 aliphatic carbocycles. The molecule has 5 nitrogen and oxygen atoms in total. The molecule has 1 aromatic carbocycles. The van der Waals surface area contributed by atoms with Crippen molar-refractivity contribution in [3.63, 3.8) is 0 Å². The number of hydrogen-bond donors (Lipinski definition) is 1. The van der Waals surface area contributed by atoms with Crippen LogP contribution in [0.5, 0.6) is 0 Å². The highest BCUT2D eigenvalue weighted by atomic mass is 35.5. The maximum Gasteiger partial charge on any atom is 0.263 e. The van der Waals surface area contributed by atoms with Gasteiger partial charge in [-0.1, -0.05) is 31.5 Å². The van der Waals surface area contributed by atoms with Gasteiger partial charge in [0.25, 0.3) is 5.91 Å². The average Bonchev–Trinajstić information content (AvgIpc) is 2.58. The molecule has 1 N–H and O–H groups in total. The summed E-state index contributed by atoms with van der Waals surface area (Å²) in [5.74, 6) is 0.0543. The van der Waals surface area contributed by atoms with Crippen molar-refractivity contribution in [2.24, 2.45) is 5.92 Å². The molecule has 0 radical (unpaired) electrons. The van der Waals surface area contributed by atoms with Crippen LogP contribution in [0.15, 0.2) is 36.0 Å². The lowest BCUT2D eigenvalue weighted by Gasteiger charge is -2.35. The summed E-state index contributed by atoms with van der Waals surface area (Å²) in [6.45, 7) is 7.77. The standard InChI is InChI=1S/C18H23ClN4O/c1-14(2)12-21-18(24)15(11-20)13-22-6-8-23(9-7-22)17-5-3-4-16(19)10-17/h3-5,10,13-14H,6-9,12H2,1-2H3,(H,21,24)/b15-13-. The maximum atomic E-state index is 12.0. The number of nitrogens with zero attached hydrogens (tertiary/aromatic N) is 3. The van der Waals surface area contributed by atoms with Crippen LogP contribution in [0.25, 0.3) is 0 Å². The second-order valence-corrected chi connectivity index (χ2v) is 6.70. The lowest BCUT2D eigenvalue weighted by atomic mass is 10.2. The normalized spacial score (nSPS) is 15.4. The van der Waals surface area contributed by atoms with Crippen LogP contribution in [0.1, 0.15) is 13.8 Å². The fourth-order valence-electron chi connectivity index (χ4n) is 2.49. The summed E-state index contributed by atoms with van der Waals surface area (Å²) in [7, 11) is 0. The summed E-state index contributed by atoms with van der Waals surface area (Å²) in [5, 5.41) is 12.7. The second-order valence-electron chi connectivity index (χ2n) is 6.26. The highest BCUT2D eigenvalue weighted by Gasteiger charge is 2.17. The largest absolute Gasteiger partial charge is 0.373 e. The van der Waals surface area contributed by atoms with E-state index in [2.05, 4.69) is 10.2 Å². The van der Waals surface area contributed by atoms with Crippen LogP contribution in [-0.2, 0) is 4.79 Å². The molecule has 1 amide bonds. The molecule has 1 aliphatic heterocycles. The number of piperazine rings is 1. The minimum atomic E-state index is -0.302. The minimum absolute atomic E-state index is 0.159. The Morgan fingerprint density at radius 2 is 2.08 bits per heavy atom. The van der Waals surface area contributed by atoms with E-state index >= 15 is 0 Å². The van der Waals surface area contributed by atoms with Gasteiger partial charge < -0.3 is 15.1 Å². The number of carbonyl (C=O) groups excluding carboxylic acids is 1. The molecule has 0 atom stereocenters. The average molecular weight is 347 g/mol. The number of rotatable bonds is 5. The van der Waals surface area contributed by atoms with Crippen LogP contribution in [-0.4, -0.2) is 43.5 Å². The van der Waals surface area contributed by atoms with Gasteiger partial charge in [0.1, 0.15) is 11.6 Å². The van der Waals surface area contributed by atoms with Crippen molar-refractivity contribution in [2.45, 2.75) is 13.8 Å². The number of hydrogen-bond acceptors (Lipinski definition) is 4. The van der Waals surface area contributed by atoms with E-state index < -0.39 is 0 Å². The molecule has 2 rings (SSSR count). The highest BCUT2D eigenvalue weighted by Crippen LogP contribution is 2.21. The monoisotopic (exact) mass is 346 g/mol. The molecule has 0 aromatic heterocycles. The van der Waals surface area contributed by atoms with Gasteiger partial charge in [0.05, 0.1) is 0 Å². The van der Waals surface area contributed by atoms with Gasteiger partial charge in [-0.15, -0.1) is 0 Å². The number of anilines is 1. The summed E-state index contributed by atoms with van der Waals surface area (Å²) in [6, 6.07) is 9.79. The summed E-state index contributed by atoms with van der Waals surface area (Å²) in [4.78, 5) is 16.3. The fraction of sp³-hybridized carbons (Fsp3) is 0.444. The Morgan fingerprint density at radius 1 is 1.38 bits per heavy atom. The van der Waals surface area contributed by atoms with Gasteiger partial charge in [-0.2, -0.15) is 5.26 Å². The van der Waals surface area contributed by atoms with E-state index in [1.807, 2.05) is 49.1 Å². The molecule has 0 spiro atoms.